The van der Waals surface area contributed by atoms with Crippen LogP contribution in [-0.4, -0.2) is 42.5 Å². The van der Waals surface area contributed by atoms with E-state index >= 15 is 0 Å². The number of benzene rings is 2. The van der Waals surface area contributed by atoms with Gasteiger partial charge < -0.3 is 30.6 Å². The van der Waals surface area contributed by atoms with E-state index in [2.05, 4.69) is 15.6 Å². The number of hydrogen-bond acceptors (Lipinski definition) is 7. The lowest BCUT2D eigenvalue weighted by Gasteiger charge is -2.68. The molecule has 4 aliphatic rings. The number of fused-ring (bicyclic) bond motifs is 1. The average molecular weight is 517 g/mol. The monoisotopic (exact) mass is 516 g/mol. The van der Waals surface area contributed by atoms with E-state index in [0.717, 1.165) is 5.39 Å². The van der Waals surface area contributed by atoms with Gasteiger partial charge in [0.05, 0.1) is 25.2 Å². The zero-order valence-electron chi connectivity index (χ0n) is 21.1. The van der Waals surface area contributed by atoms with Crippen molar-refractivity contribution in [3.63, 3.8) is 0 Å². The summed E-state index contributed by atoms with van der Waals surface area (Å²) < 4.78 is 16.9. The molecule has 1 aromatic heterocycles. The van der Waals surface area contributed by atoms with E-state index in [1.54, 1.807) is 56.8 Å². The molecule has 4 aliphatic carbocycles. The first kappa shape index (κ1) is 24.0. The Bertz CT molecular complexity index is 1460. The van der Waals surface area contributed by atoms with Crippen LogP contribution in [-0.2, 0) is 14.4 Å². The van der Waals surface area contributed by atoms with Gasteiger partial charge in [-0.25, -0.2) is 0 Å². The molecule has 0 atom stereocenters. The second kappa shape index (κ2) is 8.34. The first-order valence-electron chi connectivity index (χ1n) is 12.4. The summed E-state index contributed by atoms with van der Waals surface area (Å²) in [6, 6.07) is 12.3. The maximum Gasteiger partial charge on any atom is 0.240 e. The molecule has 4 saturated carbocycles. The number of methoxy groups -OCH3 is 2. The predicted molar refractivity (Wildman–Crippen MR) is 138 cm³/mol. The SMILES string of the molecule is COc1cc2nccc(Oc3ccc(NC(=O)C4(C(=O)NC56CC(C(N)=O)(C5)C6)CC4)cc3)c2cc1OC. The van der Waals surface area contributed by atoms with E-state index < -0.39 is 10.8 Å². The van der Waals surface area contributed by atoms with E-state index in [1.807, 2.05) is 6.07 Å². The lowest BCUT2D eigenvalue weighted by atomic mass is 9.39. The van der Waals surface area contributed by atoms with Gasteiger partial charge in [-0.1, -0.05) is 0 Å². The molecule has 1 heterocycles. The summed E-state index contributed by atoms with van der Waals surface area (Å²) in [6.45, 7) is 0. The highest BCUT2D eigenvalue weighted by Gasteiger charge is 2.73. The van der Waals surface area contributed by atoms with Gasteiger partial charge in [-0.3, -0.25) is 19.4 Å². The molecule has 38 heavy (non-hydrogen) atoms. The molecule has 10 nitrogen and oxygen atoms in total. The van der Waals surface area contributed by atoms with Crippen molar-refractivity contribution in [2.45, 2.75) is 37.6 Å². The van der Waals surface area contributed by atoms with Crippen molar-refractivity contribution >= 4 is 34.3 Å². The van der Waals surface area contributed by atoms with Crippen LogP contribution in [0.3, 0.4) is 0 Å². The lowest BCUT2D eigenvalue weighted by Crippen LogP contribution is -2.78. The fraction of sp³-hybridized carbons (Fsp3) is 0.357. The summed E-state index contributed by atoms with van der Waals surface area (Å²) in [5.41, 5.74) is 4.80. The molecule has 2 aromatic carbocycles. The Morgan fingerprint density at radius 3 is 2.16 bits per heavy atom. The normalized spacial score (nSPS) is 23.8. The number of rotatable bonds is 9. The molecule has 3 amide bonds. The average Bonchev–Trinajstić information content (AvgIpc) is 3.68. The van der Waals surface area contributed by atoms with Gasteiger partial charge in [0.2, 0.25) is 17.7 Å². The number of hydrogen-bond donors (Lipinski definition) is 3. The van der Waals surface area contributed by atoms with E-state index in [-0.39, 0.29) is 23.3 Å². The Hall–Kier alpha value is -4.34. The highest BCUT2D eigenvalue weighted by Crippen LogP contribution is 2.67. The van der Waals surface area contributed by atoms with Gasteiger partial charge in [-0.2, -0.15) is 0 Å². The van der Waals surface area contributed by atoms with E-state index in [1.165, 1.54) is 0 Å². The van der Waals surface area contributed by atoms with Crippen LogP contribution in [0.5, 0.6) is 23.0 Å². The van der Waals surface area contributed by atoms with Crippen LogP contribution >= 0.6 is 0 Å². The zero-order valence-corrected chi connectivity index (χ0v) is 21.1. The number of nitrogens with zero attached hydrogens (tertiary/aromatic N) is 1. The van der Waals surface area contributed by atoms with Gasteiger partial charge in [-0.05, 0) is 68.5 Å². The third-order valence-corrected chi connectivity index (χ3v) is 8.10. The standard InChI is InChI=1S/C28H28N4O6/c1-36-21-11-18-19(12-22(21)37-2)30-10-7-20(18)38-17-5-3-16(4-6-17)31-24(34)28(8-9-28)25(35)32-27-13-26(14-27,15-27)23(29)33/h3-7,10-12H,8-9,13-15H2,1-2H3,(H2,29,33)(H,31,34)(H,32,35). The topological polar surface area (TPSA) is 142 Å². The van der Waals surface area contributed by atoms with Crippen LogP contribution in [0.4, 0.5) is 5.69 Å². The number of aromatic nitrogens is 1. The molecule has 0 aliphatic heterocycles. The summed E-state index contributed by atoms with van der Waals surface area (Å²) in [5, 5.41) is 6.65. The molecule has 196 valence electrons. The second-order valence-corrected chi connectivity index (χ2v) is 10.6. The van der Waals surface area contributed by atoms with Crippen LogP contribution in [0.25, 0.3) is 10.9 Å². The molecule has 4 N–H and O–H groups in total. The van der Waals surface area contributed by atoms with Crippen molar-refractivity contribution < 1.29 is 28.6 Å². The highest BCUT2D eigenvalue weighted by atomic mass is 16.5. The van der Waals surface area contributed by atoms with Crippen molar-refractivity contribution in [3.8, 4) is 23.0 Å². The third kappa shape index (κ3) is 3.70. The summed E-state index contributed by atoms with van der Waals surface area (Å²) in [5.74, 6) is 1.38. The predicted octanol–water partition coefficient (Wildman–Crippen LogP) is 3.29. The van der Waals surface area contributed by atoms with E-state index in [4.69, 9.17) is 19.9 Å². The van der Waals surface area contributed by atoms with Crippen molar-refractivity contribution in [1.29, 1.82) is 0 Å². The molecule has 10 heteroatoms. The summed E-state index contributed by atoms with van der Waals surface area (Å²) in [6.07, 6.45) is 4.32. The number of pyridine rings is 1. The maximum absolute atomic E-state index is 13.0. The molecular formula is C28H28N4O6. The Balaban J connectivity index is 1.11. The number of amides is 3. The van der Waals surface area contributed by atoms with Crippen molar-refractivity contribution in [1.82, 2.24) is 10.3 Å². The minimum absolute atomic E-state index is 0.274. The smallest absolute Gasteiger partial charge is 0.240 e. The van der Waals surface area contributed by atoms with Crippen molar-refractivity contribution in [3.05, 3.63) is 48.7 Å². The van der Waals surface area contributed by atoms with Crippen LogP contribution < -0.4 is 30.6 Å². The Labute approximate surface area is 218 Å². The van der Waals surface area contributed by atoms with E-state index in [0.29, 0.717) is 66.3 Å². The summed E-state index contributed by atoms with van der Waals surface area (Å²) in [4.78, 5) is 42.0. The minimum Gasteiger partial charge on any atom is -0.493 e. The first-order chi connectivity index (χ1) is 18.2. The number of anilines is 1. The Morgan fingerprint density at radius 1 is 0.895 bits per heavy atom. The largest absolute Gasteiger partial charge is 0.493 e. The zero-order chi connectivity index (χ0) is 26.7. The number of nitrogens with one attached hydrogen (secondary N) is 2. The van der Waals surface area contributed by atoms with Crippen LogP contribution in [0.1, 0.15) is 32.1 Å². The van der Waals surface area contributed by atoms with Crippen molar-refractivity contribution in [2.24, 2.45) is 16.6 Å². The number of ether oxygens (including phenoxy) is 3. The van der Waals surface area contributed by atoms with Gasteiger partial charge in [-0.15, -0.1) is 0 Å². The number of nitrogens with two attached hydrogens (primary N) is 1. The molecule has 0 saturated heterocycles. The van der Waals surface area contributed by atoms with Gasteiger partial charge in [0, 0.05) is 28.9 Å². The molecule has 4 fully saturated rings. The number of carbonyl (C=O) groups excluding carboxylic acids is 3. The third-order valence-electron chi connectivity index (χ3n) is 8.10. The maximum atomic E-state index is 13.0. The number of primary amides is 1. The fourth-order valence-electron chi connectivity index (χ4n) is 5.75. The highest BCUT2D eigenvalue weighted by molar-refractivity contribution is 6.13. The molecule has 0 spiro atoms. The van der Waals surface area contributed by atoms with Gasteiger partial charge in [0.25, 0.3) is 0 Å². The quantitative estimate of drug-likeness (QED) is 0.371. The molecule has 3 aromatic rings. The van der Waals surface area contributed by atoms with Crippen LogP contribution in [0.15, 0.2) is 48.7 Å². The molecule has 7 rings (SSSR count). The van der Waals surface area contributed by atoms with Gasteiger partial charge in [0.15, 0.2) is 11.5 Å². The Morgan fingerprint density at radius 2 is 1.55 bits per heavy atom. The van der Waals surface area contributed by atoms with Crippen LogP contribution in [0, 0.1) is 10.8 Å². The molecule has 0 unspecified atom stereocenters. The molecular weight excluding hydrogens is 488 g/mol. The minimum atomic E-state index is -1.07. The van der Waals surface area contributed by atoms with Gasteiger partial charge >= 0.3 is 0 Å². The van der Waals surface area contributed by atoms with Crippen LogP contribution in [0.2, 0.25) is 0 Å². The summed E-state index contributed by atoms with van der Waals surface area (Å²) >= 11 is 0. The lowest BCUT2D eigenvalue weighted by molar-refractivity contribution is -0.182. The summed E-state index contributed by atoms with van der Waals surface area (Å²) in [7, 11) is 3.14. The van der Waals surface area contributed by atoms with Crippen molar-refractivity contribution in [2.75, 3.05) is 19.5 Å². The fourth-order valence-corrected chi connectivity index (χ4v) is 5.75. The second-order valence-electron chi connectivity index (χ2n) is 10.6. The number of carbonyl (C=O) groups is 3. The van der Waals surface area contributed by atoms with Gasteiger partial charge in [0.1, 0.15) is 16.9 Å². The molecule has 0 radical (unpaired) electrons. The Kier molecular flexibility index (Phi) is 5.27. The van der Waals surface area contributed by atoms with E-state index in [9.17, 15) is 14.4 Å². The first-order valence-corrected chi connectivity index (χ1v) is 12.4. The molecule has 2 bridgehead atoms.